The van der Waals surface area contributed by atoms with Crippen LogP contribution < -0.4 is 0 Å². The molecule has 0 fully saturated rings. The Balaban J connectivity index is 3.15. The highest BCUT2D eigenvalue weighted by molar-refractivity contribution is 5.53. The van der Waals surface area contributed by atoms with Crippen LogP contribution in [0.2, 0.25) is 0 Å². The van der Waals surface area contributed by atoms with Crippen molar-refractivity contribution in [1.29, 1.82) is 0 Å². The molecule has 1 nitrogen and oxygen atoms in total. The van der Waals surface area contributed by atoms with Crippen LogP contribution in [-0.4, -0.2) is 6.29 Å². The average molecular weight is 97.1 g/mol. The van der Waals surface area contributed by atoms with Gasteiger partial charge in [-0.25, -0.2) is 0 Å². The van der Waals surface area contributed by atoms with Crippen LogP contribution in [0.25, 0.3) is 0 Å². The third-order valence-corrected chi connectivity index (χ3v) is 0.721. The lowest BCUT2D eigenvalue weighted by Gasteiger charge is -1.90. The highest BCUT2D eigenvalue weighted by Gasteiger charge is 1.93. The summed E-state index contributed by atoms with van der Waals surface area (Å²) in [6.45, 7) is 5.28. The monoisotopic (exact) mass is 97.1 g/mol. The van der Waals surface area contributed by atoms with Gasteiger partial charge in [0.1, 0.15) is 0 Å². The first-order valence-corrected chi connectivity index (χ1v) is 2.29. The molecule has 0 saturated carbocycles. The van der Waals surface area contributed by atoms with Gasteiger partial charge in [0.05, 0.1) is 0 Å². The first-order chi connectivity index (χ1) is 3.31. The molecular formula is C6H9O. The maximum absolute atomic E-state index is 9.72. The molecule has 1 atom stereocenters. The molecule has 1 heteroatoms. The Labute approximate surface area is 44.0 Å². The maximum Gasteiger partial charge on any atom is 0.201 e. The molecule has 0 N–H and O–H groups in total. The van der Waals surface area contributed by atoms with Gasteiger partial charge in [-0.15, -0.1) is 6.58 Å². The minimum absolute atomic E-state index is 0.0255. The predicted octanol–water partition coefficient (Wildman–Crippen LogP) is 1.31. The van der Waals surface area contributed by atoms with Crippen LogP contribution in [0.3, 0.4) is 0 Å². The topological polar surface area (TPSA) is 17.1 Å². The van der Waals surface area contributed by atoms with Crippen molar-refractivity contribution in [2.45, 2.75) is 13.3 Å². The van der Waals surface area contributed by atoms with Gasteiger partial charge < -0.3 is 0 Å². The Morgan fingerprint density at radius 1 is 2.00 bits per heavy atom. The normalized spacial score (nSPS) is 12.7. The minimum atomic E-state index is 0.0255. The van der Waals surface area contributed by atoms with Crippen LogP contribution in [0.5, 0.6) is 0 Å². The lowest BCUT2D eigenvalue weighted by molar-refractivity contribution is 0.530. The van der Waals surface area contributed by atoms with E-state index in [-0.39, 0.29) is 5.92 Å². The molecule has 0 aromatic rings. The van der Waals surface area contributed by atoms with Gasteiger partial charge in [-0.3, -0.25) is 4.79 Å². The molecule has 0 bridgehead atoms. The molecule has 0 heterocycles. The number of allylic oxidation sites excluding steroid dienone is 1. The van der Waals surface area contributed by atoms with Crippen LogP contribution >= 0.6 is 0 Å². The van der Waals surface area contributed by atoms with Crippen molar-refractivity contribution in [1.82, 2.24) is 0 Å². The Kier molecular flexibility index (Phi) is 3.29. The molecule has 0 aromatic heterocycles. The quantitative estimate of drug-likeness (QED) is 0.485. The molecule has 0 saturated heterocycles. The highest BCUT2D eigenvalue weighted by Crippen LogP contribution is 1.95. The zero-order valence-corrected chi connectivity index (χ0v) is 4.48. The van der Waals surface area contributed by atoms with E-state index in [0.29, 0.717) is 0 Å². The Bertz CT molecular complexity index is 66.6. The SMILES string of the molecule is C=CCC(C)[C]=O. The zero-order valence-electron chi connectivity index (χ0n) is 4.48. The minimum Gasteiger partial charge on any atom is -0.291 e. The van der Waals surface area contributed by atoms with Gasteiger partial charge >= 0.3 is 0 Å². The van der Waals surface area contributed by atoms with Crippen LogP contribution in [0.15, 0.2) is 12.7 Å². The van der Waals surface area contributed by atoms with E-state index >= 15 is 0 Å². The largest absolute Gasteiger partial charge is 0.291 e. The second kappa shape index (κ2) is 3.59. The number of carbonyl (C=O) groups excluding carboxylic acids is 1. The van der Waals surface area contributed by atoms with Gasteiger partial charge in [0.2, 0.25) is 6.29 Å². The van der Waals surface area contributed by atoms with Crippen LogP contribution in [-0.2, 0) is 4.79 Å². The summed E-state index contributed by atoms with van der Waals surface area (Å²) in [7, 11) is 0. The van der Waals surface area contributed by atoms with Crippen molar-refractivity contribution in [3.8, 4) is 0 Å². The van der Waals surface area contributed by atoms with Crippen molar-refractivity contribution in [3.05, 3.63) is 12.7 Å². The fraction of sp³-hybridized carbons (Fsp3) is 0.500. The molecule has 0 amide bonds. The smallest absolute Gasteiger partial charge is 0.201 e. The van der Waals surface area contributed by atoms with Crippen molar-refractivity contribution >= 4 is 6.29 Å². The molecule has 0 spiro atoms. The third-order valence-electron chi connectivity index (χ3n) is 0.721. The first-order valence-electron chi connectivity index (χ1n) is 2.29. The molecule has 0 aliphatic carbocycles. The Morgan fingerprint density at radius 2 is 2.57 bits per heavy atom. The maximum atomic E-state index is 9.72. The molecule has 1 radical (unpaired) electrons. The molecule has 39 valence electrons. The molecule has 0 rings (SSSR count). The standard InChI is InChI=1S/C6H9O/c1-3-4-6(2)5-7/h3,6H,1,4H2,2H3. The lowest BCUT2D eigenvalue weighted by atomic mass is 10.1. The summed E-state index contributed by atoms with van der Waals surface area (Å²) in [5.41, 5.74) is 0. The Hall–Kier alpha value is -0.590. The second-order valence-electron chi connectivity index (χ2n) is 1.54. The van der Waals surface area contributed by atoms with Crippen molar-refractivity contribution in [2.24, 2.45) is 5.92 Å². The van der Waals surface area contributed by atoms with Crippen molar-refractivity contribution in [2.75, 3.05) is 0 Å². The van der Waals surface area contributed by atoms with E-state index in [2.05, 4.69) is 6.58 Å². The molecule has 0 aliphatic heterocycles. The van der Waals surface area contributed by atoms with Crippen molar-refractivity contribution < 1.29 is 4.79 Å². The summed E-state index contributed by atoms with van der Waals surface area (Å²) in [6.07, 6.45) is 4.30. The second-order valence-corrected chi connectivity index (χ2v) is 1.54. The summed E-state index contributed by atoms with van der Waals surface area (Å²) < 4.78 is 0. The van der Waals surface area contributed by atoms with Gasteiger partial charge in [0.25, 0.3) is 0 Å². The third kappa shape index (κ3) is 3.23. The van der Waals surface area contributed by atoms with Gasteiger partial charge in [-0.1, -0.05) is 13.0 Å². The summed E-state index contributed by atoms with van der Waals surface area (Å²) in [5, 5.41) is 0. The van der Waals surface area contributed by atoms with E-state index in [4.69, 9.17) is 0 Å². The van der Waals surface area contributed by atoms with E-state index in [9.17, 15) is 4.79 Å². The molecular weight excluding hydrogens is 88.1 g/mol. The van der Waals surface area contributed by atoms with E-state index in [1.54, 1.807) is 6.08 Å². The zero-order chi connectivity index (χ0) is 5.70. The first kappa shape index (κ1) is 6.41. The highest BCUT2D eigenvalue weighted by atomic mass is 16.1. The summed E-state index contributed by atoms with van der Waals surface area (Å²) in [4.78, 5) is 9.72. The van der Waals surface area contributed by atoms with E-state index in [1.807, 2.05) is 13.2 Å². The summed E-state index contributed by atoms with van der Waals surface area (Å²) in [6, 6.07) is 0. The van der Waals surface area contributed by atoms with Gasteiger partial charge in [0, 0.05) is 5.92 Å². The van der Waals surface area contributed by atoms with Gasteiger partial charge in [-0.2, -0.15) is 0 Å². The fourth-order valence-corrected chi connectivity index (χ4v) is 0.298. The number of hydrogen-bond donors (Lipinski definition) is 0. The van der Waals surface area contributed by atoms with E-state index in [1.165, 1.54) is 0 Å². The number of hydrogen-bond acceptors (Lipinski definition) is 1. The van der Waals surface area contributed by atoms with Crippen LogP contribution in [0.4, 0.5) is 0 Å². The predicted molar refractivity (Wildman–Crippen MR) is 29.7 cm³/mol. The summed E-state index contributed by atoms with van der Waals surface area (Å²) in [5.74, 6) is 0.0255. The van der Waals surface area contributed by atoms with Crippen LogP contribution in [0.1, 0.15) is 13.3 Å². The molecule has 0 aliphatic rings. The lowest BCUT2D eigenvalue weighted by Crippen LogP contribution is -1.90. The summed E-state index contributed by atoms with van der Waals surface area (Å²) >= 11 is 0. The molecule has 1 unspecified atom stereocenters. The fourth-order valence-electron chi connectivity index (χ4n) is 0.298. The molecule has 0 aromatic carbocycles. The van der Waals surface area contributed by atoms with Gasteiger partial charge in [0.15, 0.2) is 0 Å². The van der Waals surface area contributed by atoms with E-state index in [0.717, 1.165) is 6.42 Å². The van der Waals surface area contributed by atoms with Crippen molar-refractivity contribution in [3.63, 3.8) is 0 Å². The average Bonchev–Trinajstić information content (AvgIpc) is 1.68. The molecule has 7 heavy (non-hydrogen) atoms. The Morgan fingerprint density at radius 3 is 2.71 bits per heavy atom. The number of rotatable bonds is 3. The van der Waals surface area contributed by atoms with E-state index < -0.39 is 0 Å². The van der Waals surface area contributed by atoms with Gasteiger partial charge in [-0.05, 0) is 6.42 Å². The van der Waals surface area contributed by atoms with Crippen LogP contribution in [0, 0.1) is 5.92 Å².